The van der Waals surface area contributed by atoms with Crippen LogP contribution in [0.2, 0.25) is 0 Å². The Kier molecular flexibility index (Phi) is 5.69. The van der Waals surface area contributed by atoms with E-state index in [1.54, 1.807) is 18.1 Å². The van der Waals surface area contributed by atoms with Gasteiger partial charge in [-0.25, -0.2) is 9.97 Å². The summed E-state index contributed by atoms with van der Waals surface area (Å²) in [4.78, 5) is 26.0. The Balaban J connectivity index is 1.11. The van der Waals surface area contributed by atoms with Gasteiger partial charge >= 0.3 is 0 Å². The summed E-state index contributed by atoms with van der Waals surface area (Å²) in [5.74, 6) is 3.53. The van der Waals surface area contributed by atoms with Gasteiger partial charge in [-0.15, -0.1) is 11.8 Å². The SMILES string of the molecule is CSc1ccc(CN2CCc3c(ncnc3NC(=O)CC34CC5CC(CC(C5)C3)C4)C2)cc1. The highest BCUT2D eigenvalue weighted by molar-refractivity contribution is 7.98. The molecule has 33 heavy (non-hydrogen) atoms. The van der Waals surface area contributed by atoms with Crippen LogP contribution in [-0.4, -0.2) is 33.6 Å². The number of fused-ring (bicyclic) bond motifs is 1. The van der Waals surface area contributed by atoms with Gasteiger partial charge in [0.1, 0.15) is 12.1 Å². The van der Waals surface area contributed by atoms with Crippen LogP contribution in [0.3, 0.4) is 0 Å². The van der Waals surface area contributed by atoms with Crippen LogP contribution in [-0.2, 0) is 24.3 Å². The van der Waals surface area contributed by atoms with Crippen LogP contribution in [0.1, 0.15) is 61.8 Å². The molecule has 1 amide bonds. The van der Waals surface area contributed by atoms with Crippen LogP contribution in [0.5, 0.6) is 0 Å². The molecule has 0 spiro atoms. The third-order valence-corrected chi connectivity index (χ3v) is 9.35. The smallest absolute Gasteiger partial charge is 0.226 e. The van der Waals surface area contributed by atoms with Crippen molar-refractivity contribution >= 4 is 23.5 Å². The number of hydrogen-bond donors (Lipinski definition) is 1. The average Bonchev–Trinajstić information content (AvgIpc) is 2.78. The van der Waals surface area contributed by atoms with Crippen LogP contribution in [0.4, 0.5) is 5.82 Å². The van der Waals surface area contributed by atoms with Crippen molar-refractivity contribution in [3.8, 4) is 0 Å². The number of rotatable bonds is 6. The summed E-state index contributed by atoms with van der Waals surface area (Å²) in [6, 6.07) is 8.82. The van der Waals surface area contributed by atoms with E-state index >= 15 is 0 Å². The largest absolute Gasteiger partial charge is 0.310 e. The van der Waals surface area contributed by atoms with Crippen LogP contribution in [0, 0.1) is 23.2 Å². The first-order valence-electron chi connectivity index (χ1n) is 12.6. The Hall–Kier alpha value is -1.92. The molecule has 6 heteroatoms. The molecule has 1 N–H and O–H groups in total. The average molecular weight is 463 g/mol. The molecule has 2 heterocycles. The van der Waals surface area contributed by atoms with Crippen molar-refractivity contribution in [1.82, 2.24) is 14.9 Å². The lowest BCUT2D eigenvalue weighted by atomic mass is 9.49. The van der Waals surface area contributed by atoms with E-state index in [4.69, 9.17) is 0 Å². The lowest BCUT2D eigenvalue weighted by molar-refractivity contribution is -0.124. The van der Waals surface area contributed by atoms with Gasteiger partial charge in [-0.3, -0.25) is 9.69 Å². The number of hydrogen-bond acceptors (Lipinski definition) is 5. The summed E-state index contributed by atoms with van der Waals surface area (Å²) < 4.78 is 0. The lowest BCUT2D eigenvalue weighted by Gasteiger charge is -2.56. The molecule has 2 aromatic rings. The molecule has 1 aromatic heterocycles. The fourth-order valence-corrected chi connectivity index (χ4v) is 8.07. The summed E-state index contributed by atoms with van der Waals surface area (Å²) in [5.41, 5.74) is 3.77. The minimum Gasteiger partial charge on any atom is -0.310 e. The highest BCUT2D eigenvalue weighted by atomic mass is 32.2. The van der Waals surface area contributed by atoms with Crippen LogP contribution in [0.25, 0.3) is 0 Å². The fourth-order valence-electron chi connectivity index (χ4n) is 7.66. The van der Waals surface area contributed by atoms with Crippen molar-refractivity contribution in [2.24, 2.45) is 23.2 Å². The lowest BCUT2D eigenvalue weighted by Crippen LogP contribution is -2.47. The van der Waals surface area contributed by atoms with Crippen molar-refractivity contribution in [2.45, 2.75) is 69.4 Å². The number of nitrogens with one attached hydrogen (secondary N) is 1. The zero-order valence-electron chi connectivity index (χ0n) is 19.6. The molecule has 174 valence electrons. The summed E-state index contributed by atoms with van der Waals surface area (Å²) in [5, 5.41) is 3.21. The number of nitrogens with zero attached hydrogens (tertiary/aromatic N) is 3. The predicted molar refractivity (Wildman–Crippen MR) is 132 cm³/mol. The maximum atomic E-state index is 13.2. The third kappa shape index (κ3) is 4.44. The van der Waals surface area contributed by atoms with Crippen LogP contribution < -0.4 is 5.32 Å². The Morgan fingerprint density at radius 2 is 1.79 bits per heavy atom. The van der Waals surface area contributed by atoms with Gasteiger partial charge in [0.15, 0.2) is 0 Å². The summed E-state index contributed by atoms with van der Waals surface area (Å²) in [6.45, 7) is 2.69. The monoisotopic (exact) mass is 462 g/mol. The number of anilines is 1. The number of amides is 1. The first-order valence-corrected chi connectivity index (χ1v) is 13.8. The minimum absolute atomic E-state index is 0.161. The molecule has 4 bridgehead atoms. The van der Waals surface area contributed by atoms with Crippen LogP contribution in [0.15, 0.2) is 35.5 Å². The van der Waals surface area contributed by atoms with Gasteiger partial charge in [-0.1, -0.05) is 12.1 Å². The normalized spacial score (nSPS) is 30.3. The molecule has 4 fully saturated rings. The number of carbonyl (C=O) groups excluding carboxylic acids is 1. The van der Waals surface area contributed by atoms with E-state index in [1.807, 2.05) is 0 Å². The van der Waals surface area contributed by atoms with Gasteiger partial charge in [0.25, 0.3) is 0 Å². The molecule has 4 saturated carbocycles. The third-order valence-electron chi connectivity index (χ3n) is 8.61. The van der Waals surface area contributed by atoms with Gasteiger partial charge in [-0.2, -0.15) is 0 Å². The minimum atomic E-state index is 0.161. The second kappa shape index (κ2) is 8.70. The zero-order chi connectivity index (χ0) is 22.4. The quantitative estimate of drug-likeness (QED) is 0.590. The second-order valence-electron chi connectivity index (χ2n) is 11.1. The Morgan fingerprint density at radius 1 is 1.09 bits per heavy atom. The van der Waals surface area contributed by atoms with Crippen molar-refractivity contribution < 1.29 is 4.79 Å². The van der Waals surface area contributed by atoms with Crippen molar-refractivity contribution in [1.29, 1.82) is 0 Å². The van der Waals surface area contributed by atoms with Crippen molar-refractivity contribution in [2.75, 3.05) is 18.1 Å². The summed E-state index contributed by atoms with van der Waals surface area (Å²) in [6.07, 6.45) is 13.3. The number of aromatic nitrogens is 2. The molecule has 0 radical (unpaired) electrons. The van der Waals surface area contributed by atoms with E-state index in [0.717, 1.165) is 60.9 Å². The first kappa shape index (κ1) is 21.6. The zero-order valence-corrected chi connectivity index (χ0v) is 20.4. The van der Waals surface area contributed by atoms with E-state index in [0.29, 0.717) is 6.42 Å². The Labute approximate surface area is 201 Å². The highest BCUT2D eigenvalue weighted by Crippen LogP contribution is 2.61. The molecule has 0 unspecified atom stereocenters. The van der Waals surface area contributed by atoms with Gasteiger partial charge in [0.05, 0.1) is 5.69 Å². The summed E-state index contributed by atoms with van der Waals surface area (Å²) >= 11 is 1.77. The molecule has 1 aromatic carbocycles. The standard InChI is InChI=1S/C27H34N4OS/c1-33-22-4-2-18(3-5-22)15-31-7-6-23-24(16-31)28-17-29-26(23)30-25(32)14-27-11-19-8-20(12-27)10-21(9-19)13-27/h2-5,17,19-21H,6-16H2,1H3,(H,28,29,30,32). The molecular weight excluding hydrogens is 428 g/mol. The molecule has 7 rings (SSSR count). The number of thioether (sulfide) groups is 1. The van der Waals surface area contributed by atoms with E-state index < -0.39 is 0 Å². The predicted octanol–water partition coefficient (Wildman–Crippen LogP) is 5.30. The summed E-state index contributed by atoms with van der Waals surface area (Å²) in [7, 11) is 0. The van der Waals surface area contributed by atoms with Gasteiger partial charge in [0, 0.05) is 36.5 Å². The molecule has 5 nitrogen and oxygen atoms in total. The highest BCUT2D eigenvalue weighted by Gasteiger charge is 2.51. The van der Waals surface area contributed by atoms with Crippen molar-refractivity contribution in [3.63, 3.8) is 0 Å². The fraction of sp³-hybridized carbons (Fsp3) is 0.593. The molecule has 4 aliphatic carbocycles. The topological polar surface area (TPSA) is 58.1 Å². The molecule has 0 saturated heterocycles. The van der Waals surface area contributed by atoms with Crippen molar-refractivity contribution in [3.05, 3.63) is 47.4 Å². The number of benzene rings is 1. The van der Waals surface area contributed by atoms with Crippen LogP contribution >= 0.6 is 11.8 Å². The molecule has 1 aliphatic heterocycles. The molecule has 5 aliphatic rings. The maximum absolute atomic E-state index is 13.2. The number of carbonyl (C=O) groups is 1. The van der Waals surface area contributed by atoms with Gasteiger partial charge < -0.3 is 5.32 Å². The molecular formula is C27H34N4OS. The van der Waals surface area contributed by atoms with E-state index in [9.17, 15) is 4.79 Å². The Bertz CT molecular complexity index is 1000. The Morgan fingerprint density at radius 3 is 2.45 bits per heavy atom. The van der Waals surface area contributed by atoms with E-state index in [2.05, 4.69) is 50.7 Å². The maximum Gasteiger partial charge on any atom is 0.226 e. The second-order valence-corrected chi connectivity index (χ2v) is 12.0. The van der Waals surface area contributed by atoms with E-state index in [-0.39, 0.29) is 11.3 Å². The van der Waals surface area contributed by atoms with Gasteiger partial charge in [-0.05, 0) is 92.1 Å². The molecule has 0 atom stereocenters. The van der Waals surface area contributed by atoms with E-state index in [1.165, 1.54) is 49.0 Å². The van der Waals surface area contributed by atoms with Gasteiger partial charge in [0.2, 0.25) is 5.91 Å². The first-order chi connectivity index (χ1) is 16.1.